The summed E-state index contributed by atoms with van der Waals surface area (Å²) >= 11 is 5.89. The highest BCUT2D eigenvalue weighted by atomic mass is 35.5. The Balaban J connectivity index is 1.66. The first-order chi connectivity index (χ1) is 11.1. The van der Waals surface area contributed by atoms with Crippen LogP contribution in [0.15, 0.2) is 28.7 Å². The van der Waals surface area contributed by atoms with Gasteiger partial charge in [0, 0.05) is 18.5 Å². The highest BCUT2D eigenvalue weighted by Gasteiger charge is 2.32. The molecule has 3 rings (SSSR count). The fourth-order valence-corrected chi connectivity index (χ4v) is 2.52. The molecule has 0 radical (unpaired) electrons. The second-order valence-corrected chi connectivity index (χ2v) is 5.52. The molecule has 23 heavy (non-hydrogen) atoms. The third-order valence-corrected chi connectivity index (χ3v) is 3.67. The molecular formula is C15H16ClN3O4. The summed E-state index contributed by atoms with van der Waals surface area (Å²) in [6, 6.07) is 6.53. The lowest BCUT2D eigenvalue weighted by Crippen LogP contribution is -2.45. The first kappa shape index (κ1) is 15.8. The van der Waals surface area contributed by atoms with Gasteiger partial charge in [0.25, 0.3) is 5.91 Å². The van der Waals surface area contributed by atoms with Crippen molar-refractivity contribution in [2.75, 3.05) is 26.4 Å². The van der Waals surface area contributed by atoms with Gasteiger partial charge in [-0.05, 0) is 18.2 Å². The van der Waals surface area contributed by atoms with Crippen molar-refractivity contribution in [3.8, 4) is 5.75 Å². The molecule has 7 nitrogen and oxygen atoms in total. The maximum absolute atomic E-state index is 12.5. The predicted octanol–water partition coefficient (Wildman–Crippen LogP) is 2.01. The summed E-state index contributed by atoms with van der Waals surface area (Å²) < 4.78 is 16.4. The fourth-order valence-electron chi connectivity index (χ4n) is 2.34. The Bertz CT molecular complexity index is 691. The minimum absolute atomic E-state index is 0.0933. The van der Waals surface area contributed by atoms with Gasteiger partial charge in [-0.25, -0.2) is 0 Å². The minimum atomic E-state index is -0.389. The van der Waals surface area contributed by atoms with Crippen LogP contribution in [0.4, 0.5) is 0 Å². The molecule has 0 bridgehead atoms. The van der Waals surface area contributed by atoms with Crippen LogP contribution in [0, 0.1) is 6.92 Å². The number of aromatic nitrogens is 2. The molecule has 8 heteroatoms. The van der Waals surface area contributed by atoms with Gasteiger partial charge in [0.05, 0.1) is 13.2 Å². The number of morpholine rings is 1. The Labute approximate surface area is 138 Å². The number of rotatable bonds is 4. The number of hydrogen-bond donors (Lipinski definition) is 0. The molecule has 1 fully saturated rings. The minimum Gasteiger partial charge on any atom is -0.484 e. The topological polar surface area (TPSA) is 77.7 Å². The number of halogens is 1. The summed E-state index contributed by atoms with van der Waals surface area (Å²) in [5, 5.41) is 8.34. The molecule has 1 aliphatic heterocycles. The first-order valence-corrected chi connectivity index (χ1v) is 7.57. The van der Waals surface area contributed by atoms with Crippen molar-refractivity contribution in [2.45, 2.75) is 13.0 Å². The lowest BCUT2D eigenvalue weighted by Gasteiger charge is -2.33. The van der Waals surface area contributed by atoms with Gasteiger partial charge in [-0.3, -0.25) is 4.79 Å². The maximum Gasteiger partial charge on any atom is 0.261 e. The van der Waals surface area contributed by atoms with E-state index >= 15 is 0 Å². The van der Waals surface area contributed by atoms with Crippen molar-refractivity contribution in [3.05, 3.63) is 41.1 Å². The number of aryl methyl sites for hydroxylation is 1. The number of amides is 1. The Morgan fingerprint density at radius 1 is 1.48 bits per heavy atom. The first-order valence-electron chi connectivity index (χ1n) is 7.19. The normalized spacial score (nSPS) is 18.0. The molecular weight excluding hydrogens is 322 g/mol. The van der Waals surface area contributed by atoms with E-state index in [0.717, 1.165) is 0 Å². The van der Waals surface area contributed by atoms with E-state index in [9.17, 15) is 4.79 Å². The number of hydrogen-bond acceptors (Lipinski definition) is 6. The molecule has 1 atom stereocenters. The van der Waals surface area contributed by atoms with Crippen LogP contribution in [0.2, 0.25) is 5.02 Å². The molecule has 0 aliphatic carbocycles. The molecule has 0 spiro atoms. The molecule has 2 aromatic rings. The maximum atomic E-state index is 12.5. The number of carbonyl (C=O) groups excluding carboxylic acids is 1. The van der Waals surface area contributed by atoms with Crippen LogP contribution in [0.5, 0.6) is 5.75 Å². The standard InChI is InChI=1S/C15H16ClN3O4/c1-10-17-18-15(23-10)13-8-21-6-5-19(13)14(20)9-22-12-4-2-3-11(16)7-12/h2-4,7,13H,5-6,8-9H2,1H3/t13-/m1/s1. The van der Waals surface area contributed by atoms with Gasteiger partial charge in [-0.1, -0.05) is 17.7 Å². The molecule has 0 unspecified atom stereocenters. The van der Waals surface area contributed by atoms with E-state index in [0.29, 0.717) is 42.3 Å². The highest BCUT2D eigenvalue weighted by molar-refractivity contribution is 6.30. The van der Waals surface area contributed by atoms with Crippen molar-refractivity contribution < 1.29 is 18.7 Å². The highest BCUT2D eigenvalue weighted by Crippen LogP contribution is 2.24. The second kappa shape index (κ2) is 6.97. The fraction of sp³-hybridized carbons (Fsp3) is 0.400. The monoisotopic (exact) mass is 337 g/mol. The second-order valence-electron chi connectivity index (χ2n) is 5.08. The van der Waals surface area contributed by atoms with E-state index in [1.165, 1.54) is 0 Å². The average molecular weight is 338 g/mol. The van der Waals surface area contributed by atoms with E-state index < -0.39 is 0 Å². The molecule has 122 valence electrons. The molecule has 1 amide bonds. The van der Waals surface area contributed by atoms with Gasteiger partial charge >= 0.3 is 0 Å². The Morgan fingerprint density at radius 3 is 3.09 bits per heavy atom. The van der Waals surface area contributed by atoms with Crippen LogP contribution in [0.3, 0.4) is 0 Å². The lowest BCUT2D eigenvalue weighted by atomic mass is 10.2. The van der Waals surface area contributed by atoms with Gasteiger partial charge in [0.1, 0.15) is 11.8 Å². The Morgan fingerprint density at radius 2 is 2.35 bits per heavy atom. The van der Waals surface area contributed by atoms with E-state index in [-0.39, 0.29) is 18.6 Å². The van der Waals surface area contributed by atoms with Crippen molar-refractivity contribution in [1.29, 1.82) is 0 Å². The van der Waals surface area contributed by atoms with E-state index in [4.69, 9.17) is 25.5 Å². The van der Waals surface area contributed by atoms with Crippen LogP contribution >= 0.6 is 11.6 Å². The number of nitrogens with zero attached hydrogens (tertiary/aromatic N) is 3. The third-order valence-electron chi connectivity index (χ3n) is 3.43. The van der Waals surface area contributed by atoms with E-state index in [1.54, 1.807) is 36.1 Å². The van der Waals surface area contributed by atoms with Crippen molar-refractivity contribution in [2.24, 2.45) is 0 Å². The summed E-state index contributed by atoms with van der Waals surface area (Å²) in [4.78, 5) is 14.1. The summed E-state index contributed by atoms with van der Waals surface area (Å²) in [6.07, 6.45) is 0. The molecule has 1 aromatic carbocycles. The van der Waals surface area contributed by atoms with Gasteiger partial charge in [-0.2, -0.15) is 0 Å². The average Bonchev–Trinajstić information content (AvgIpc) is 2.99. The van der Waals surface area contributed by atoms with Crippen molar-refractivity contribution >= 4 is 17.5 Å². The summed E-state index contributed by atoms with van der Waals surface area (Å²) in [5.41, 5.74) is 0. The zero-order valence-corrected chi connectivity index (χ0v) is 13.3. The Hall–Kier alpha value is -2.12. The quantitative estimate of drug-likeness (QED) is 0.849. The molecule has 1 saturated heterocycles. The molecule has 0 saturated carbocycles. The summed E-state index contributed by atoms with van der Waals surface area (Å²) in [6.45, 7) is 2.85. The van der Waals surface area contributed by atoms with Crippen LogP contribution in [-0.2, 0) is 9.53 Å². The Kier molecular flexibility index (Phi) is 4.78. The number of ether oxygens (including phenoxy) is 2. The summed E-state index contributed by atoms with van der Waals surface area (Å²) in [5.74, 6) is 1.20. The molecule has 2 heterocycles. The van der Waals surface area contributed by atoms with Crippen LogP contribution < -0.4 is 4.74 Å². The zero-order chi connectivity index (χ0) is 16.2. The van der Waals surface area contributed by atoms with Gasteiger partial charge in [0.15, 0.2) is 6.61 Å². The smallest absolute Gasteiger partial charge is 0.261 e. The van der Waals surface area contributed by atoms with Gasteiger partial charge in [0.2, 0.25) is 11.8 Å². The van der Waals surface area contributed by atoms with E-state index in [2.05, 4.69) is 10.2 Å². The largest absolute Gasteiger partial charge is 0.484 e. The van der Waals surface area contributed by atoms with Crippen LogP contribution in [0.25, 0.3) is 0 Å². The third kappa shape index (κ3) is 3.80. The molecule has 1 aromatic heterocycles. The van der Waals surface area contributed by atoms with Crippen LogP contribution in [-0.4, -0.2) is 47.4 Å². The van der Waals surface area contributed by atoms with E-state index in [1.807, 2.05) is 0 Å². The lowest BCUT2D eigenvalue weighted by molar-refractivity contribution is -0.143. The van der Waals surface area contributed by atoms with Crippen molar-refractivity contribution in [3.63, 3.8) is 0 Å². The molecule has 1 aliphatic rings. The van der Waals surface area contributed by atoms with Gasteiger partial charge in [-0.15, -0.1) is 10.2 Å². The van der Waals surface area contributed by atoms with Gasteiger partial charge < -0.3 is 18.8 Å². The number of benzene rings is 1. The van der Waals surface area contributed by atoms with Crippen LogP contribution in [0.1, 0.15) is 17.8 Å². The zero-order valence-electron chi connectivity index (χ0n) is 12.6. The SMILES string of the molecule is Cc1nnc([C@H]2COCCN2C(=O)COc2cccc(Cl)c2)o1. The summed E-state index contributed by atoms with van der Waals surface area (Å²) in [7, 11) is 0. The molecule has 0 N–H and O–H groups in total. The van der Waals surface area contributed by atoms with Crippen molar-refractivity contribution in [1.82, 2.24) is 15.1 Å². The predicted molar refractivity (Wildman–Crippen MR) is 81.3 cm³/mol. The number of carbonyl (C=O) groups is 1.